The largest absolute Gasteiger partial charge is 0.484 e. The van der Waals surface area contributed by atoms with Gasteiger partial charge >= 0.3 is 0 Å². The fourth-order valence-electron chi connectivity index (χ4n) is 4.37. The zero-order chi connectivity index (χ0) is 17.9. The Morgan fingerprint density at radius 1 is 1.15 bits per heavy atom. The molecule has 0 spiro atoms. The maximum atomic E-state index is 12.6. The third-order valence-corrected chi connectivity index (χ3v) is 5.94. The molecular weight excluding hydrogens is 366 g/mol. The summed E-state index contributed by atoms with van der Waals surface area (Å²) in [7, 11) is 0. The van der Waals surface area contributed by atoms with E-state index in [-0.39, 0.29) is 30.8 Å². The quantitative estimate of drug-likeness (QED) is 0.850. The van der Waals surface area contributed by atoms with Gasteiger partial charge in [0.2, 0.25) is 5.91 Å². The molecular formula is C20H28ClN3O3. The summed E-state index contributed by atoms with van der Waals surface area (Å²) >= 11 is 0. The lowest BCUT2D eigenvalue weighted by Gasteiger charge is -2.21. The Bertz CT molecular complexity index is 670. The van der Waals surface area contributed by atoms with Gasteiger partial charge in [-0.25, -0.2) is 0 Å². The average molecular weight is 394 g/mol. The van der Waals surface area contributed by atoms with Crippen LogP contribution >= 0.6 is 12.4 Å². The second-order valence-electron chi connectivity index (χ2n) is 7.57. The van der Waals surface area contributed by atoms with Crippen LogP contribution in [0.5, 0.6) is 5.75 Å². The fourth-order valence-corrected chi connectivity index (χ4v) is 4.37. The third-order valence-electron chi connectivity index (χ3n) is 5.94. The van der Waals surface area contributed by atoms with Crippen molar-refractivity contribution in [3.63, 3.8) is 0 Å². The van der Waals surface area contributed by atoms with E-state index in [1.54, 1.807) is 4.90 Å². The molecule has 6 nitrogen and oxygen atoms in total. The second kappa shape index (κ2) is 8.93. The van der Waals surface area contributed by atoms with Crippen molar-refractivity contribution in [3.8, 4) is 5.75 Å². The SMILES string of the molecule is Cl.O=C(COc1cccc(N2CCCC2=O)c1)N1CC[C@@H]2CNC[C@@H]2CC1. The van der Waals surface area contributed by atoms with E-state index in [4.69, 9.17) is 4.74 Å². The minimum atomic E-state index is 0. The Labute approximate surface area is 166 Å². The van der Waals surface area contributed by atoms with E-state index in [0.29, 0.717) is 24.0 Å². The van der Waals surface area contributed by atoms with Crippen molar-refractivity contribution in [2.75, 3.05) is 44.2 Å². The number of anilines is 1. The van der Waals surface area contributed by atoms with Gasteiger partial charge in [-0.3, -0.25) is 9.59 Å². The van der Waals surface area contributed by atoms with Gasteiger partial charge in [0.05, 0.1) is 0 Å². The molecule has 0 unspecified atom stereocenters. The van der Waals surface area contributed by atoms with Gasteiger partial charge in [0, 0.05) is 37.8 Å². The van der Waals surface area contributed by atoms with E-state index in [2.05, 4.69) is 5.32 Å². The first-order valence-corrected chi connectivity index (χ1v) is 9.72. The van der Waals surface area contributed by atoms with Crippen LogP contribution in [0, 0.1) is 11.8 Å². The summed E-state index contributed by atoms with van der Waals surface area (Å²) in [6.07, 6.45) is 3.66. The lowest BCUT2D eigenvalue weighted by molar-refractivity contribution is -0.133. The van der Waals surface area contributed by atoms with Crippen LogP contribution in [0.1, 0.15) is 25.7 Å². The van der Waals surface area contributed by atoms with Crippen molar-refractivity contribution in [2.24, 2.45) is 11.8 Å². The van der Waals surface area contributed by atoms with Crippen molar-refractivity contribution < 1.29 is 14.3 Å². The molecule has 3 fully saturated rings. The summed E-state index contributed by atoms with van der Waals surface area (Å²) in [6, 6.07) is 7.49. The van der Waals surface area contributed by atoms with Gasteiger partial charge in [-0.05, 0) is 56.3 Å². The molecule has 3 aliphatic rings. The highest BCUT2D eigenvalue weighted by Gasteiger charge is 2.31. The predicted molar refractivity (Wildman–Crippen MR) is 106 cm³/mol. The molecule has 148 valence electrons. The lowest BCUT2D eigenvalue weighted by Crippen LogP contribution is -2.36. The van der Waals surface area contributed by atoms with Crippen molar-refractivity contribution in [1.29, 1.82) is 0 Å². The van der Waals surface area contributed by atoms with Gasteiger partial charge in [-0.1, -0.05) is 6.07 Å². The van der Waals surface area contributed by atoms with E-state index in [9.17, 15) is 9.59 Å². The predicted octanol–water partition coefficient (Wildman–Crippen LogP) is 2.07. The van der Waals surface area contributed by atoms with Gasteiger partial charge in [-0.15, -0.1) is 12.4 Å². The summed E-state index contributed by atoms with van der Waals surface area (Å²) in [4.78, 5) is 28.2. The number of hydrogen-bond acceptors (Lipinski definition) is 4. The van der Waals surface area contributed by atoms with Gasteiger partial charge < -0.3 is 19.9 Å². The monoisotopic (exact) mass is 393 g/mol. The molecule has 0 radical (unpaired) electrons. The van der Waals surface area contributed by atoms with Gasteiger partial charge in [0.25, 0.3) is 5.91 Å². The van der Waals surface area contributed by atoms with Crippen LogP contribution < -0.4 is 15.0 Å². The minimum absolute atomic E-state index is 0. The van der Waals surface area contributed by atoms with E-state index >= 15 is 0 Å². The number of carbonyl (C=O) groups is 2. The fraction of sp³-hybridized carbons (Fsp3) is 0.600. The summed E-state index contributed by atoms with van der Waals surface area (Å²) in [6.45, 7) is 4.65. The summed E-state index contributed by atoms with van der Waals surface area (Å²) in [5, 5.41) is 3.46. The first-order chi connectivity index (χ1) is 12.7. The summed E-state index contributed by atoms with van der Waals surface area (Å²) < 4.78 is 5.75. The lowest BCUT2D eigenvalue weighted by atomic mass is 9.92. The Hall–Kier alpha value is -1.79. The summed E-state index contributed by atoms with van der Waals surface area (Å²) in [5.41, 5.74) is 0.854. The zero-order valence-corrected chi connectivity index (χ0v) is 16.4. The topological polar surface area (TPSA) is 61.9 Å². The van der Waals surface area contributed by atoms with Crippen molar-refractivity contribution in [1.82, 2.24) is 10.2 Å². The molecule has 27 heavy (non-hydrogen) atoms. The standard InChI is InChI=1S/C20H27N3O3.ClH/c24-19-5-2-8-23(19)17-3-1-4-18(11-17)26-14-20(25)22-9-6-15-12-21-13-16(15)7-10-22;/h1,3-4,11,15-16,21H,2,5-10,12-14H2;1H/t15-,16+;. The number of nitrogens with one attached hydrogen (secondary N) is 1. The van der Waals surface area contributed by atoms with Gasteiger partial charge in [-0.2, -0.15) is 0 Å². The maximum Gasteiger partial charge on any atom is 0.260 e. The van der Waals surface area contributed by atoms with E-state index in [1.807, 2.05) is 29.2 Å². The zero-order valence-electron chi connectivity index (χ0n) is 15.6. The highest BCUT2D eigenvalue weighted by atomic mass is 35.5. The third kappa shape index (κ3) is 4.55. The van der Waals surface area contributed by atoms with Crippen molar-refractivity contribution >= 4 is 29.9 Å². The van der Waals surface area contributed by atoms with Crippen LogP contribution in [0.3, 0.4) is 0 Å². The number of fused-ring (bicyclic) bond motifs is 1. The molecule has 7 heteroatoms. The van der Waals surface area contributed by atoms with Crippen LogP contribution in [0.4, 0.5) is 5.69 Å². The normalized spacial score (nSPS) is 25.0. The van der Waals surface area contributed by atoms with E-state index in [0.717, 1.165) is 57.7 Å². The number of hydrogen-bond donors (Lipinski definition) is 1. The number of nitrogens with zero attached hydrogens (tertiary/aromatic N) is 2. The Morgan fingerprint density at radius 3 is 2.56 bits per heavy atom. The van der Waals surface area contributed by atoms with Gasteiger partial charge in [0.15, 0.2) is 6.61 Å². The smallest absolute Gasteiger partial charge is 0.260 e. The molecule has 1 aromatic rings. The number of ether oxygens (including phenoxy) is 1. The number of likely N-dealkylation sites (tertiary alicyclic amines) is 1. The molecule has 1 aromatic carbocycles. The number of benzene rings is 1. The molecule has 2 amide bonds. The second-order valence-corrected chi connectivity index (χ2v) is 7.57. The molecule has 3 heterocycles. The van der Waals surface area contributed by atoms with Crippen LogP contribution in [0.25, 0.3) is 0 Å². The molecule has 3 aliphatic heterocycles. The molecule has 0 saturated carbocycles. The average Bonchev–Trinajstić information content (AvgIpc) is 3.24. The van der Waals surface area contributed by atoms with E-state index in [1.165, 1.54) is 0 Å². The molecule has 2 atom stereocenters. The molecule has 0 aromatic heterocycles. The van der Waals surface area contributed by atoms with Crippen LogP contribution in [0.2, 0.25) is 0 Å². The molecule has 3 saturated heterocycles. The minimum Gasteiger partial charge on any atom is -0.484 e. The van der Waals surface area contributed by atoms with Crippen LogP contribution in [-0.2, 0) is 9.59 Å². The Morgan fingerprint density at radius 2 is 1.89 bits per heavy atom. The Kier molecular flexibility index (Phi) is 6.60. The molecule has 0 bridgehead atoms. The molecule has 0 aliphatic carbocycles. The van der Waals surface area contributed by atoms with Crippen LogP contribution in [0.15, 0.2) is 24.3 Å². The number of amides is 2. The van der Waals surface area contributed by atoms with Crippen molar-refractivity contribution in [2.45, 2.75) is 25.7 Å². The highest BCUT2D eigenvalue weighted by Crippen LogP contribution is 2.28. The number of carbonyl (C=O) groups excluding carboxylic acids is 2. The van der Waals surface area contributed by atoms with Crippen molar-refractivity contribution in [3.05, 3.63) is 24.3 Å². The first-order valence-electron chi connectivity index (χ1n) is 9.72. The van der Waals surface area contributed by atoms with Crippen LogP contribution in [-0.4, -0.2) is 56.0 Å². The maximum absolute atomic E-state index is 12.6. The Balaban J connectivity index is 0.00000210. The summed E-state index contributed by atoms with van der Waals surface area (Å²) in [5.74, 6) is 2.28. The number of halogens is 1. The van der Waals surface area contributed by atoms with Gasteiger partial charge in [0.1, 0.15) is 5.75 Å². The number of rotatable bonds is 4. The highest BCUT2D eigenvalue weighted by molar-refractivity contribution is 5.95. The molecule has 4 rings (SSSR count). The van der Waals surface area contributed by atoms with E-state index < -0.39 is 0 Å². The molecule has 1 N–H and O–H groups in total. The first kappa shape index (κ1) is 20.0.